The van der Waals surface area contributed by atoms with Crippen LogP contribution in [-0.4, -0.2) is 29.1 Å². The van der Waals surface area contributed by atoms with Crippen molar-refractivity contribution >= 4 is 17.3 Å². The normalized spacial score (nSPS) is 10.1. The Hall–Kier alpha value is -1.03. The molecule has 0 heterocycles. The molecule has 0 amide bonds. The molecule has 0 saturated carbocycles. The second-order valence-electron chi connectivity index (χ2n) is 3.82. The molecule has 0 aromatic carbocycles. The van der Waals surface area contributed by atoms with Gasteiger partial charge in [-0.15, -0.1) is 0 Å². The van der Waals surface area contributed by atoms with Gasteiger partial charge in [0.1, 0.15) is 5.78 Å². The first-order valence-electron chi connectivity index (χ1n) is 5.80. The summed E-state index contributed by atoms with van der Waals surface area (Å²) in [5.74, 6) is -0.701. The summed E-state index contributed by atoms with van der Waals surface area (Å²) in [4.78, 5) is 33.5. The van der Waals surface area contributed by atoms with Crippen molar-refractivity contribution in [1.29, 1.82) is 0 Å². The molecule has 16 heavy (non-hydrogen) atoms. The molecule has 0 fully saturated rings. The van der Waals surface area contributed by atoms with Crippen molar-refractivity contribution in [2.75, 3.05) is 6.61 Å². The van der Waals surface area contributed by atoms with Crippen LogP contribution < -0.4 is 0 Å². The highest BCUT2D eigenvalue weighted by atomic mass is 16.3. The average Bonchev–Trinajstić information content (AvgIpc) is 2.26. The molecule has 0 aliphatic heterocycles. The zero-order valence-electron chi connectivity index (χ0n) is 9.83. The molecule has 0 unspecified atom stereocenters. The van der Waals surface area contributed by atoms with Crippen LogP contribution in [0.5, 0.6) is 0 Å². The van der Waals surface area contributed by atoms with Crippen LogP contribution >= 0.6 is 0 Å². The predicted molar refractivity (Wildman–Crippen MR) is 60.1 cm³/mol. The van der Waals surface area contributed by atoms with E-state index in [0.29, 0.717) is 25.7 Å². The van der Waals surface area contributed by atoms with E-state index in [4.69, 9.17) is 5.11 Å². The Labute approximate surface area is 96.0 Å². The minimum Gasteiger partial charge on any atom is -0.396 e. The highest BCUT2D eigenvalue weighted by Gasteiger charge is 2.13. The third kappa shape index (κ3) is 7.29. The Bertz CT molecular complexity index is 245. The fraction of sp³-hybridized carbons (Fsp3) is 0.750. The molecule has 0 atom stereocenters. The molecule has 0 rings (SSSR count). The van der Waals surface area contributed by atoms with Crippen LogP contribution in [-0.2, 0) is 14.4 Å². The van der Waals surface area contributed by atoms with E-state index in [0.717, 1.165) is 6.42 Å². The Kier molecular flexibility index (Phi) is 8.62. The standard InChI is InChI=1S/C12H20O4/c1-2-5-10(14)6-3-7-11(15)12(16)8-4-9-13/h13H,2-9H2,1H3. The van der Waals surface area contributed by atoms with E-state index in [-0.39, 0.29) is 25.2 Å². The molecule has 0 aliphatic rings. The third-order valence-corrected chi connectivity index (χ3v) is 2.26. The van der Waals surface area contributed by atoms with Crippen LogP contribution in [0.1, 0.15) is 51.9 Å². The smallest absolute Gasteiger partial charge is 0.198 e. The fourth-order valence-electron chi connectivity index (χ4n) is 1.37. The van der Waals surface area contributed by atoms with Gasteiger partial charge in [0.15, 0.2) is 11.6 Å². The number of ketones is 3. The molecule has 0 aromatic rings. The van der Waals surface area contributed by atoms with Gasteiger partial charge in [-0.25, -0.2) is 0 Å². The van der Waals surface area contributed by atoms with Crippen LogP contribution in [0.3, 0.4) is 0 Å². The number of hydrogen-bond acceptors (Lipinski definition) is 4. The zero-order valence-corrected chi connectivity index (χ0v) is 9.83. The van der Waals surface area contributed by atoms with Gasteiger partial charge in [-0.1, -0.05) is 6.92 Å². The Morgan fingerprint density at radius 3 is 1.94 bits per heavy atom. The summed E-state index contributed by atoms with van der Waals surface area (Å²) in [6, 6.07) is 0. The summed E-state index contributed by atoms with van der Waals surface area (Å²) in [5.41, 5.74) is 0. The van der Waals surface area contributed by atoms with E-state index in [1.54, 1.807) is 0 Å². The minimum absolute atomic E-state index is 0.0754. The highest BCUT2D eigenvalue weighted by molar-refractivity contribution is 6.37. The van der Waals surface area contributed by atoms with Crippen LogP contribution in [0.25, 0.3) is 0 Å². The van der Waals surface area contributed by atoms with E-state index in [9.17, 15) is 14.4 Å². The Balaban J connectivity index is 3.64. The first-order chi connectivity index (χ1) is 7.61. The molecule has 0 aromatic heterocycles. The highest BCUT2D eigenvalue weighted by Crippen LogP contribution is 2.04. The number of carbonyl (C=O) groups excluding carboxylic acids is 3. The summed E-state index contributed by atoms with van der Waals surface area (Å²) >= 11 is 0. The maximum Gasteiger partial charge on any atom is 0.198 e. The van der Waals surface area contributed by atoms with Gasteiger partial charge in [0.25, 0.3) is 0 Å². The lowest BCUT2D eigenvalue weighted by Crippen LogP contribution is -2.14. The van der Waals surface area contributed by atoms with Crippen molar-refractivity contribution in [3.63, 3.8) is 0 Å². The van der Waals surface area contributed by atoms with Crippen LogP contribution in [0.15, 0.2) is 0 Å². The fourth-order valence-corrected chi connectivity index (χ4v) is 1.37. The molecule has 92 valence electrons. The van der Waals surface area contributed by atoms with Gasteiger partial charge in [0, 0.05) is 32.3 Å². The molecule has 4 heteroatoms. The summed E-state index contributed by atoms with van der Waals surface area (Å²) < 4.78 is 0. The van der Waals surface area contributed by atoms with Gasteiger partial charge < -0.3 is 5.11 Å². The topological polar surface area (TPSA) is 71.4 Å². The van der Waals surface area contributed by atoms with Crippen molar-refractivity contribution < 1.29 is 19.5 Å². The average molecular weight is 228 g/mol. The van der Waals surface area contributed by atoms with Crippen LogP contribution in [0.4, 0.5) is 0 Å². The predicted octanol–water partition coefficient (Wildman–Crippen LogP) is 1.44. The molecule has 0 radical (unpaired) electrons. The van der Waals surface area contributed by atoms with Crippen molar-refractivity contribution in [2.24, 2.45) is 0 Å². The number of hydrogen-bond donors (Lipinski definition) is 1. The maximum atomic E-state index is 11.2. The molecule has 4 nitrogen and oxygen atoms in total. The van der Waals surface area contributed by atoms with Crippen LogP contribution in [0, 0.1) is 0 Å². The SMILES string of the molecule is CCCC(=O)CCCC(=O)C(=O)CCCO. The van der Waals surface area contributed by atoms with Crippen molar-refractivity contribution in [1.82, 2.24) is 0 Å². The number of aliphatic hydroxyl groups excluding tert-OH is 1. The van der Waals surface area contributed by atoms with Gasteiger partial charge in [-0.3, -0.25) is 14.4 Å². The minimum atomic E-state index is -0.433. The Morgan fingerprint density at radius 1 is 0.875 bits per heavy atom. The second-order valence-corrected chi connectivity index (χ2v) is 3.82. The monoisotopic (exact) mass is 228 g/mol. The van der Waals surface area contributed by atoms with Gasteiger partial charge in [-0.2, -0.15) is 0 Å². The molecule has 0 saturated heterocycles. The van der Waals surface area contributed by atoms with E-state index in [2.05, 4.69) is 0 Å². The summed E-state index contributed by atoms with van der Waals surface area (Å²) in [5, 5.41) is 8.50. The van der Waals surface area contributed by atoms with E-state index < -0.39 is 11.6 Å². The Morgan fingerprint density at radius 2 is 1.44 bits per heavy atom. The lowest BCUT2D eigenvalue weighted by Gasteiger charge is -1.99. The lowest BCUT2D eigenvalue weighted by atomic mass is 10.0. The number of carbonyl (C=O) groups is 3. The molecule has 1 N–H and O–H groups in total. The first kappa shape index (κ1) is 15.0. The summed E-state index contributed by atoms with van der Waals surface area (Å²) in [6.07, 6.45) is 2.81. The number of aliphatic hydroxyl groups is 1. The quantitative estimate of drug-likeness (QED) is 0.574. The number of Topliss-reactive ketones (excluding diaryl/α,β-unsaturated/α-hetero) is 3. The van der Waals surface area contributed by atoms with Crippen molar-refractivity contribution in [3.8, 4) is 0 Å². The van der Waals surface area contributed by atoms with Gasteiger partial charge >= 0.3 is 0 Å². The van der Waals surface area contributed by atoms with Crippen LogP contribution in [0.2, 0.25) is 0 Å². The largest absolute Gasteiger partial charge is 0.396 e. The molecular weight excluding hydrogens is 208 g/mol. The van der Waals surface area contributed by atoms with Gasteiger partial charge in [-0.05, 0) is 19.3 Å². The van der Waals surface area contributed by atoms with Crippen molar-refractivity contribution in [2.45, 2.75) is 51.9 Å². The number of rotatable bonds is 10. The molecular formula is C12H20O4. The maximum absolute atomic E-state index is 11.2. The summed E-state index contributed by atoms with van der Waals surface area (Å²) in [7, 11) is 0. The van der Waals surface area contributed by atoms with E-state index >= 15 is 0 Å². The first-order valence-corrected chi connectivity index (χ1v) is 5.80. The molecule has 0 aliphatic carbocycles. The van der Waals surface area contributed by atoms with E-state index in [1.165, 1.54) is 0 Å². The van der Waals surface area contributed by atoms with Crippen molar-refractivity contribution in [3.05, 3.63) is 0 Å². The van der Waals surface area contributed by atoms with Gasteiger partial charge in [0.05, 0.1) is 0 Å². The van der Waals surface area contributed by atoms with E-state index in [1.807, 2.05) is 6.92 Å². The summed E-state index contributed by atoms with van der Waals surface area (Å²) in [6.45, 7) is 1.86. The van der Waals surface area contributed by atoms with Gasteiger partial charge in [0.2, 0.25) is 0 Å². The molecule has 0 spiro atoms. The second kappa shape index (κ2) is 9.21. The zero-order chi connectivity index (χ0) is 12.4. The molecule has 0 bridgehead atoms. The third-order valence-electron chi connectivity index (χ3n) is 2.26. The lowest BCUT2D eigenvalue weighted by molar-refractivity contribution is -0.136.